The van der Waals surface area contributed by atoms with Gasteiger partial charge in [0.15, 0.2) is 0 Å². The highest BCUT2D eigenvalue weighted by Gasteiger charge is 1.98. The van der Waals surface area contributed by atoms with E-state index in [-0.39, 0.29) is 6.61 Å². The zero-order valence-corrected chi connectivity index (χ0v) is 9.28. The molecule has 1 rings (SSSR count). The van der Waals surface area contributed by atoms with Crippen molar-refractivity contribution in [2.45, 2.75) is 6.42 Å². The Morgan fingerprint density at radius 1 is 1.14 bits per heavy atom. The predicted molar refractivity (Wildman–Crippen MR) is 60.1 cm³/mol. The smallest absolute Gasteiger partial charge is 0.0595 e. The van der Waals surface area contributed by atoms with E-state index in [9.17, 15) is 0 Å². The molecular weight excluding hydrogens is 221 g/mol. The van der Waals surface area contributed by atoms with Crippen molar-refractivity contribution in [3.63, 3.8) is 0 Å². The molecule has 0 atom stereocenters. The third-order valence-electron chi connectivity index (χ3n) is 1.86. The maximum atomic E-state index is 8.54. The Labute approximate surface area is 93.8 Å². The zero-order chi connectivity index (χ0) is 10.4. The summed E-state index contributed by atoms with van der Waals surface area (Å²) >= 11 is 11.6. The Kier molecular flexibility index (Phi) is 5.26. The van der Waals surface area contributed by atoms with Crippen molar-refractivity contribution in [3.8, 4) is 0 Å². The quantitative estimate of drug-likeness (QED) is 0.765. The van der Waals surface area contributed by atoms with Crippen molar-refractivity contribution in [1.29, 1.82) is 0 Å². The molecule has 0 bridgehead atoms. The van der Waals surface area contributed by atoms with E-state index < -0.39 is 0 Å². The van der Waals surface area contributed by atoms with Crippen LogP contribution in [0.2, 0.25) is 10.0 Å². The predicted octanol–water partition coefficient (Wildman–Crippen LogP) is 2.12. The van der Waals surface area contributed by atoms with Crippen LogP contribution in [0.4, 0.5) is 0 Å². The van der Waals surface area contributed by atoms with Gasteiger partial charge in [-0.25, -0.2) is 0 Å². The molecule has 0 heterocycles. The van der Waals surface area contributed by atoms with E-state index in [4.69, 9.17) is 28.3 Å². The van der Waals surface area contributed by atoms with E-state index in [1.54, 1.807) is 6.07 Å². The summed E-state index contributed by atoms with van der Waals surface area (Å²) in [6.07, 6.45) is 0.886. The summed E-state index contributed by atoms with van der Waals surface area (Å²) in [5.74, 6) is 0. The number of benzene rings is 1. The second-order valence-corrected chi connectivity index (χ2v) is 3.79. The molecule has 0 saturated carbocycles. The lowest BCUT2D eigenvalue weighted by Gasteiger charge is -2.04. The summed E-state index contributed by atoms with van der Waals surface area (Å²) in [6.45, 7) is 1.63. The summed E-state index contributed by atoms with van der Waals surface area (Å²) in [5.41, 5.74) is 1.14. The maximum Gasteiger partial charge on any atom is 0.0595 e. The first-order valence-corrected chi connectivity index (χ1v) is 5.25. The van der Waals surface area contributed by atoms with Crippen LogP contribution in [0.5, 0.6) is 0 Å². The first-order chi connectivity index (χ1) is 6.74. The number of hydrogen-bond acceptors (Lipinski definition) is 2. The Morgan fingerprint density at radius 3 is 2.57 bits per heavy atom. The SMILES string of the molecule is OCCNCCc1ccc(Cl)c(Cl)c1. The van der Waals surface area contributed by atoms with Gasteiger partial charge in [0.2, 0.25) is 0 Å². The number of nitrogens with one attached hydrogen (secondary N) is 1. The van der Waals surface area contributed by atoms with Crippen LogP contribution in [0.1, 0.15) is 5.56 Å². The molecule has 0 unspecified atom stereocenters. The van der Waals surface area contributed by atoms with Gasteiger partial charge in [-0.3, -0.25) is 0 Å². The van der Waals surface area contributed by atoms with Crippen LogP contribution in [-0.2, 0) is 6.42 Å². The molecule has 0 spiro atoms. The fourth-order valence-corrected chi connectivity index (χ4v) is 1.45. The molecule has 0 aliphatic rings. The van der Waals surface area contributed by atoms with Gasteiger partial charge in [0.05, 0.1) is 16.7 Å². The van der Waals surface area contributed by atoms with E-state index >= 15 is 0 Å². The first-order valence-electron chi connectivity index (χ1n) is 4.49. The summed E-state index contributed by atoms with van der Waals surface area (Å²) in [6, 6.07) is 5.62. The summed E-state index contributed by atoms with van der Waals surface area (Å²) in [5, 5.41) is 12.8. The van der Waals surface area contributed by atoms with Gasteiger partial charge in [-0.2, -0.15) is 0 Å². The minimum absolute atomic E-state index is 0.168. The lowest BCUT2D eigenvalue weighted by Crippen LogP contribution is -2.20. The van der Waals surface area contributed by atoms with Gasteiger partial charge in [0, 0.05) is 6.54 Å². The van der Waals surface area contributed by atoms with Crippen molar-refractivity contribution < 1.29 is 5.11 Å². The number of halogens is 2. The number of hydrogen-bond donors (Lipinski definition) is 2. The topological polar surface area (TPSA) is 32.3 Å². The molecule has 14 heavy (non-hydrogen) atoms. The highest BCUT2D eigenvalue weighted by atomic mass is 35.5. The van der Waals surface area contributed by atoms with Gasteiger partial charge in [0.1, 0.15) is 0 Å². The van der Waals surface area contributed by atoms with Gasteiger partial charge in [-0.15, -0.1) is 0 Å². The van der Waals surface area contributed by atoms with Gasteiger partial charge in [0.25, 0.3) is 0 Å². The molecule has 0 fully saturated rings. The van der Waals surface area contributed by atoms with Crippen LogP contribution >= 0.6 is 23.2 Å². The van der Waals surface area contributed by atoms with Crippen molar-refractivity contribution >= 4 is 23.2 Å². The molecule has 2 nitrogen and oxygen atoms in total. The van der Waals surface area contributed by atoms with Crippen molar-refractivity contribution in [3.05, 3.63) is 33.8 Å². The molecule has 0 saturated heterocycles. The van der Waals surface area contributed by atoms with Gasteiger partial charge >= 0.3 is 0 Å². The summed E-state index contributed by atoms with van der Waals surface area (Å²) in [4.78, 5) is 0. The van der Waals surface area contributed by atoms with Gasteiger partial charge in [-0.1, -0.05) is 29.3 Å². The zero-order valence-electron chi connectivity index (χ0n) is 7.76. The standard InChI is InChI=1S/C10H13Cl2NO/c11-9-2-1-8(7-10(9)12)3-4-13-5-6-14/h1-2,7,13-14H,3-6H2. The van der Waals surface area contributed by atoms with Crippen molar-refractivity contribution in [2.24, 2.45) is 0 Å². The van der Waals surface area contributed by atoms with Crippen molar-refractivity contribution in [1.82, 2.24) is 5.32 Å². The number of aliphatic hydroxyl groups excluding tert-OH is 1. The molecule has 1 aromatic rings. The van der Waals surface area contributed by atoms with Gasteiger partial charge < -0.3 is 10.4 Å². The second-order valence-electron chi connectivity index (χ2n) is 2.97. The molecule has 0 aliphatic carbocycles. The Morgan fingerprint density at radius 2 is 1.93 bits per heavy atom. The second kappa shape index (κ2) is 6.25. The van der Waals surface area contributed by atoms with Crippen molar-refractivity contribution in [2.75, 3.05) is 19.7 Å². The number of aliphatic hydroxyl groups is 1. The average molecular weight is 234 g/mol. The molecule has 2 N–H and O–H groups in total. The monoisotopic (exact) mass is 233 g/mol. The first kappa shape index (κ1) is 11.8. The summed E-state index contributed by atoms with van der Waals surface area (Å²) < 4.78 is 0. The van der Waals surface area contributed by atoms with Crippen LogP contribution in [0.3, 0.4) is 0 Å². The minimum atomic E-state index is 0.168. The van der Waals surface area contributed by atoms with E-state index in [1.165, 1.54) is 0 Å². The Bertz CT molecular complexity index is 291. The van der Waals surface area contributed by atoms with E-state index in [1.807, 2.05) is 12.1 Å². The Hall–Kier alpha value is -0.280. The highest BCUT2D eigenvalue weighted by Crippen LogP contribution is 2.22. The number of rotatable bonds is 5. The third-order valence-corrected chi connectivity index (χ3v) is 2.60. The lowest BCUT2D eigenvalue weighted by molar-refractivity contribution is 0.293. The van der Waals surface area contributed by atoms with E-state index in [2.05, 4.69) is 5.32 Å². The fraction of sp³-hybridized carbons (Fsp3) is 0.400. The van der Waals surface area contributed by atoms with Crippen LogP contribution in [0, 0.1) is 0 Å². The van der Waals surface area contributed by atoms with E-state index in [0.717, 1.165) is 18.5 Å². The fourth-order valence-electron chi connectivity index (χ4n) is 1.13. The normalized spacial score (nSPS) is 10.5. The Balaban J connectivity index is 2.39. The largest absolute Gasteiger partial charge is 0.395 e. The molecule has 1 aromatic carbocycles. The lowest BCUT2D eigenvalue weighted by atomic mass is 10.1. The highest BCUT2D eigenvalue weighted by molar-refractivity contribution is 6.42. The van der Waals surface area contributed by atoms with Gasteiger partial charge in [-0.05, 0) is 30.7 Å². The van der Waals surface area contributed by atoms with Crippen LogP contribution in [0.25, 0.3) is 0 Å². The van der Waals surface area contributed by atoms with Crippen LogP contribution in [-0.4, -0.2) is 24.8 Å². The molecular formula is C10H13Cl2NO. The van der Waals surface area contributed by atoms with Crippen LogP contribution < -0.4 is 5.32 Å². The average Bonchev–Trinajstić information content (AvgIpc) is 2.18. The molecule has 0 aliphatic heterocycles. The van der Waals surface area contributed by atoms with E-state index in [0.29, 0.717) is 16.6 Å². The molecule has 0 aromatic heterocycles. The molecule has 0 amide bonds. The van der Waals surface area contributed by atoms with Crippen LogP contribution in [0.15, 0.2) is 18.2 Å². The minimum Gasteiger partial charge on any atom is -0.395 e. The summed E-state index contributed by atoms with van der Waals surface area (Å²) in [7, 11) is 0. The third kappa shape index (κ3) is 3.84. The maximum absolute atomic E-state index is 8.54. The molecule has 78 valence electrons. The molecule has 0 radical (unpaired) electrons. The molecule has 4 heteroatoms.